The van der Waals surface area contributed by atoms with E-state index in [1.54, 1.807) is 18.3 Å². The first kappa shape index (κ1) is 10.4. The lowest BCUT2D eigenvalue weighted by molar-refractivity contribution is 0.565. The van der Waals surface area contributed by atoms with Gasteiger partial charge in [-0.15, -0.1) is 0 Å². The summed E-state index contributed by atoms with van der Waals surface area (Å²) in [6, 6.07) is 3.44. The monoisotopic (exact) mass is 191 g/mol. The average molecular weight is 191 g/mol. The second-order valence-corrected chi connectivity index (χ2v) is 3.00. The van der Waals surface area contributed by atoms with Crippen molar-refractivity contribution in [2.45, 2.75) is 13.3 Å². The van der Waals surface area contributed by atoms with Gasteiger partial charge in [0.1, 0.15) is 5.82 Å². The Morgan fingerprint density at radius 1 is 1.64 bits per heavy atom. The third-order valence-electron chi connectivity index (χ3n) is 1.85. The minimum absolute atomic E-state index is 0.591. The average Bonchev–Trinajstić information content (AvgIpc) is 2.19. The molecule has 74 valence electrons. The highest BCUT2D eigenvalue weighted by Crippen LogP contribution is 2.17. The first-order valence-corrected chi connectivity index (χ1v) is 4.53. The molecule has 1 heterocycles. The molecule has 0 aliphatic rings. The summed E-state index contributed by atoms with van der Waals surface area (Å²) in [6.07, 6.45) is 4.20. The lowest BCUT2D eigenvalue weighted by Crippen LogP contribution is -2.18. The van der Waals surface area contributed by atoms with E-state index in [1.165, 1.54) is 6.08 Å². The zero-order chi connectivity index (χ0) is 10.4. The number of aromatic nitrogens is 1. The van der Waals surface area contributed by atoms with Gasteiger partial charge in [0.2, 0.25) is 6.08 Å². The van der Waals surface area contributed by atoms with E-state index in [2.05, 4.69) is 16.9 Å². The van der Waals surface area contributed by atoms with E-state index in [-0.39, 0.29) is 0 Å². The first-order chi connectivity index (χ1) is 6.77. The van der Waals surface area contributed by atoms with Crippen LogP contribution in [0.25, 0.3) is 0 Å². The fourth-order valence-corrected chi connectivity index (χ4v) is 1.19. The highest BCUT2D eigenvalue weighted by Gasteiger charge is 2.01. The second kappa shape index (κ2) is 5.14. The number of nitrogens with zero attached hydrogens (tertiary/aromatic N) is 3. The molecule has 0 unspecified atom stereocenters. The number of carbonyl (C=O) groups excluding carboxylic acids is 1. The quantitative estimate of drug-likeness (QED) is 0.539. The number of anilines is 1. The topological polar surface area (TPSA) is 45.6 Å². The summed E-state index contributed by atoms with van der Waals surface area (Å²) < 4.78 is 0. The fraction of sp³-hybridized carbons (Fsp3) is 0.400. The van der Waals surface area contributed by atoms with Crippen LogP contribution in [-0.4, -0.2) is 24.7 Å². The van der Waals surface area contributed by atoms with Crippen LogP contribution in [0.2, 0.25) is 0 Å². The Balaban J connectivity index is 2.87. The van der Waals surface area contributed by atoms with E-state index in [9.17, 15) is 4.79 Å². The van der Waals surface area contributed by atoms with Gasteiger partial charge in [-0.25, -0.2) is 9.78 Å². The van der Waals surface area contributed by atoms with Crippen molar-refractivity contribution in [3.63, 3.8) is 0 Å². The molecule has 0 amide bonds. The Kier molecular flexibility index (Phi) is 3.83. The predicted octanol–water partition coefficient (Wildman–Crippen LogP) is 1.90. The molecule has 1 aromatic rings. The van der Waals surface area contributed by atoms with Crippen molar-refractivity contribution in [1.82, 2.24) is 4.98 Å². The minimum Gasteiger partial charge on any atom is -0.360 e. The maximum Gasteiger partial charge on any atom is 0.240 e. The van der Waals surface area contributed by atoms with E-state index in [0.29, 0.717) is 5.69 Å². The van der Waals surface area contributed by atoms with Crippen molar-refractivity contribution in [3.05, 3.63) is 18.3 Å². The summed E-state index contributed by atoms with van der Waals surface area (Å²) in [5.41, 5.74) is 0.591. The van der Waals surface area contributed by atoms with Crippen molar-refractivity contribution in [2.75, 3.05) is 18.5 Å². The summed E-state index contributed by atoms with van der Waals surface area (Å²) in [6.45, 7) is 3.03. The van der Waals surface area contributed by atoms with Gasteiger partial charge >= 0.3 is 0 Å². The van der Waals surface area contributed by atoms with Crippen LogP contribution >= 0.6 is 0 Å². The molecular formula is C10H13N3O. The van der Waals surface area contributed by atoms with Gasteiger partial charge in [-0.2, -0.15) is 4.99 Å². The number of aliphatic imine (C=N–C) groups is 1. The van der Waals surface area contributed by atoms with Gasteiger partial charge < -0.3 is 4.90 Å². The van der Waals surface area contributed by atoms with E-state index in [4.69, 9.17) is 0 Å². The van der Waals surface area contributed by atoms with Crippen LogP contribution in [0.1, 0.15) is 13.3 Å². The van der Waals surface area contributed by atoms with E-state index in [1.807, 2.05) is 11.9 Å². The van der Waals surface area contributed by atoms with Crippen molar-refractivity contribution >= 4 is 17.6 Å². The number of pyridine rings is 1. The molecule has 4 nitrogen and oxygen atoms in total. The number of rotatable bonds is 4. The van der Waals surface area contributed by atoms with Gasteiger partial charge in [0.25, 0.3) is 0 Å². The Morgan fingerprint density at radius 2 is 2.43 bits per heavy atom. The van der Waals surface area contributed by atoms with Crippen molar-refractivity contribution in [2.24, 2.45) is 4.99 Å². The Bertz CT molecular complexity index is 345. The van der Waals surface area contributed by atoms with Crippen molar-refractivity contribution < 1.29 is 4.79 Å². The molecule has 0 fully saturated rings. The zero-order valence-electron chi connectivity index (χ0n) is 8.40. The van der Waals surface area contributed by atoms with Crippen LogP contribution in [0, 0.1) is 0 Å². The highest BCUT2D eigenvalue weighted by molar-refractivity contribution is 5.54. The van der Waals surface area contributed by atoms with Crippen LogP contribution < -0.4 is 4.90 Å². The van der Waals surface area contributed by atoms with Crippen molar-refractivity contribution in [1.29, 1.82) is 0 Å². The molecule has 0 N–H and O–H groups in total. The van der Waals surface area contributed by atoms with E-state index in [0.717, 1.165) is 18.8 Å². The molecule has 0 atom stereocenters. The molecule has 1 aromatic heterocycles. The summed E-state index contributed by atoms with van der Waals surface area (Å²) in [5.74, 6) is 0.823. The highest BCUT2D eigenvalue weighted by atomic mass is 16.1. The van der Waals surface area contributed by atoms with Gasteiger partial charge in [0.15, 0.2) is 0 Å². The third kappa shape index (κ3) is 2.68. The molecule has 0 aromatic carbocycles. The summed E-state index contributed by atoms with van der Waals surface area (Å²) >= 11 is 0. The maximum absolute atomic E-state index is 10.1. The summed E-state index contributed by atoms with van der Waals surface area (Å²) in [5, 5.41) is 0. The van der Waals surface area contributed by atoms with Crippen LogP contribution in [0.5, 0.6) is 0 Å². The number of hydrogen-bond donors (Lipinski definition) is 0. The standard InChI is InChI=1S/C10H13N3O/c1-3-6-13(2)10-7-9(12-8-14)4-5-11-10/h4-5,7H,3,6H2,1-2H3. The molecule has 0 aliphatic carbocycles. The SMILES string of the molecule is CCCN(C)c1cc(N=C=O)ccn1. The zero-order valence-corrected chi connectivity index (χ0v) is 8.40. The maximum atomic E-state index is 10.1. The molecule has 14 heavy (non-hydrogen) atoms. The number of hydrogen-bond acceptors (Lipinski definition) is 4. The minimum atomic E-state index is 0.591. The predicted molar refractivity (Wildman–Crippen MR) is 55.6 cm³/mol. The van der Waals surface area contributed by atoms with Gasteiger partial charge in [-0.3, -0.25) is 0 Å². The summed E-state index contributed by atoms with van der Waals surface area (Å²) in [7, 11) is 1.96. The van der Waals surface area contributed by atoms with Crippen LogP contribution in [0.4, 0.5) is 11.5 Å². The van der Waals surface area contributed by atoms with E-state index < -0.39 is 0 Å². The van der Waals surface area contributed by atoms with Crippen LogP contribution in [0.15, 0.2) is 23.3 Å². The Labute approximate surface area is 83.3 Å². The van der Waals surface area contributed by atoms with E-state index >= 15 is 0 Å². The molecule has 0 saturated heterocycles. The molecule has 0 bridgehead atoms. The lowest BCUT2D eigenvalue weighted by Gasteiger charge is -2.16. The largest absolute Gasteiger partial charge is 0.360 e. The van der Waals surface area contributed by atoms with Gasteiger partial charge in [0, 0.05) is 25.9 Å². The van der Waals surface area contributed by atoms with Crippen molar-refractivity contribution in [3.8, 4) is 0 Å². The first-order valence-electron chi connectivity index (χ1n) is 4.53. The normalized spacial score (nSPS) is 9.29. The van der Waals surface area contributed by atoms with Gasteiger partial charge in [0.05, 0.1) is 5.69 Å². The molecule has 0 spiro atoms. The molecule has 4 heteroatoms. The molecular weight excluding hydrogens is 178 g/mol. The smallest absolute Gasteiger partial charge is 0.240 e. The fourth-order valence-electron chi connectivity index (χ4n) is 1.19. The molecule has 0 radical (unpaired) electrons. The van der Waals surface area contributed by atoms with Crippen LogP contribution in [-0.2, 0) is 4.79 Å². The third-order valence-corrected chi connectivity index (χ3v) is 1.85. The summed E-state index contributed by atoms with van der Waals surface area (Å²) in [4.78, 5) is 19.8. The number of isocyanates is 1. The lowest BCUT2D eigenvalue weighted by atomic mass is 10.3. The van der Waals surface area contributed by atoms with Gasteiger partial charge in [-0.1, -0.05) is 6.92 Å². The van der Waals surface area contributed by atoms with Crippen LogP contribution in [0.3, 0.4) is 0 Å². The molecule has 1 rings (SSSR count). The second-order valence-electron chi connectivity index (χ2n) is 3.00. The molecule has 0 aliphatic heterocycles. The Morgan fingerprint density at radius 3 is 3.07 bits per heavy atom. The molecule has 0 saturated carbocycles. The Hall–Kier alpha value is -1.67. The van der Waals surface area contributed by atoms with Gasteiger partial charge in [-0.05, 0) is 12.5 Å².